The number of carbonyl (C=O) groups excluding carboxylic acids is 4. The first kappa shape index (κ1) is 30.4. The summed E-state index contributed by atoms with van der Waals surface area (Å²) in [4.78, 5) is 54.5. The molecule has 58 heavy (non-hydrogen) atoms. The maximum atomic E-state index is 15.8. The first-order chi connectivity index (χ1) is 31.3. The maximum Gasteiger partial charge on any atom is 0.265 e. The van der Waals surface area contributed by atoms with Crippen LogP contribution in [0.4, 0.5) is 10.1 Å². The van der Waals surface area contributed by atoms with Crippen LogP contribution in [0.3, 0.4) is 0 Å². The van der Waals surface area contributed by atoms with Crippen molar-refractivity contribution in [3.8, 4) is 5.75 Å². The van der Waals surface area contributed by atoms with E-state index in [9.17, 15) is 19.2 Å². The molecule has 0 aromatic heterocycles. The Morgan fingerprint density at radius 1 is 0.793 bits per heavy atom. The molecule has 4 aromatic carbocycles. The largest absolute Gasteiger partial charge is 0.492 e. The van der Waals surface area contributed by atoms with Crippen LogP contribution in [0.25, 0.3) is 11.1 Å². The van der Waals surface area contributed by atoms with Crippen LogP contribution in [0.5, 0.6) is 5.75 Å². The van der Waals surface area contributed by atoms with Crippen molar-refractivity contribution in [1.82, 2.24) is 20.0 Å². The molecule has 1 atom stereocenters. The normalized spacial score (nSPS) is 25.4. The summed E-state index contributed by atoms with van der Waals surface area (Å²) in [5.41, 5.74) is 3.61. The second-order valence-electron chi connectivity index (χ2n) is 14.8. The number of nitrogens with zero attached hydrogens (tertiary/aromatic N) is 4. The van der Waals surface area contributed by atoms with Crippen LogP contribution in [0.2, 0.25) is 0 Å². The molecule has 4 aliphatic rings. The summed E-state index contributed by atoms with van der Waals surface area (Å²) in [5.74, 6) is -4.91. The number of carbonyl (C=O) groups is 4. The summed E-state index contributed by atoms with van der Waals surface area (Å²) in [5, 5.41) is 2.03. The predicted octanol–water partition coefficient (Wildman–Crippen LogP) is 6.51. The van der Waals surface area contributed by atoms with Gasteiger partial charge in [-0.05, 0) is 96.8 Å². The van der Waals surface area contributed by atoms with Crippen molar-refractivity contribution in [1.29, 1.82) is 0 Å². The van der Waals surface area contributed by atoms with E-state index in [0.29, 0.717) is 60.7 Å². The van der Waals surface area contributed by atoms with E-state index in [4.69, 9.17) is 15.7 Å². The number of likely N-dealkylation sites (tertiary alicyclic amines) is 1. The molecule has 4 aromatic rings. The van der Waals surface area contributed by atoms with Gasteiger partial charge in [0.15, 0.2) is 0 Å². The minimum Gasteiger partial charge on any atom is -0.492 e. The van der Waals surface area contributed by atoms with Crippen LogP contribution in [0, 0.1) is 11.7 Å². The molecule has 1 unspecified atom stereocenters. The Balaban J connectivity index is 0.914. The number of ether oxygens (including phenoxy) is 1. The SMILES string of the molecule is [2H]C1([2H])N(CC2CCN(CCOc3ccc(C(=C(CC)c4ccccc4)c4ccccc4)cc3)CC2)C([2H])([2H])C([2H])([2H])N(c2cc(F)c3c(c2)C(=O)N(C2CCC(=O)NC2=O)C3=O)C1([2H])[2H]. The van der Waals surface area contributed by atoms with Crippen molar-refractivity contribution < 1.29 is 39.3 Å². The lowest BCUT2D eigenvalue weighted by atomic mass is 9.88. The first-order valence-corrected chi connectivity index (χ1v) is 19.7. The number of imide groups is 2. The van der Waals surface area contributed by atoms with E-state index in [-0.39, 0.29) is 30.2 Å². The van der Waals surface area contributed by atoms with Crippen LogP contribution in [-0.4, -0.2) is 103 Å². The minimum absolute atomic E-state index is 0.147. The smallest absolute Gasteiger partial charge is 0.265 e. The molecule has 3 fully saturated rings. The van der Waals surface area contributed by atoms with Crippen LogP contribution < -0.4 is 15.0 Å². The van der Waals surface area contributed by atoms with E-state index in [1.165, 1.54) is 5.57 Å². The Hall–Kier alpha value is -5.65. The molecule has 0 saturated carbocycles. The maximum absolute atomic E-state index is 15.8. The standard InChI is InChI=1S/C47H50FN5O5/c1-2-38(33-9-5-3-6-10-33)43(34-11-7-4-8-12-34)35-13-15-37(16-14-35)58-28-27-50-21-19-32(20-22-50)31-51-23-25-52(26-24-51)36-29-39-44(40(48)30-36)47(57)53(46(39)56)41-17-18-42(54)49-45(41)55/h3-16,29-30,32,41H,2,17-28,31H2,1H3,(H,49,54,55)/i23D2,24D2,25D2,26D2. The Labute approximate surface area is 350 Å². The fourth-order valence-electron chi connectivity index (χ4n) is 8.10. The van der Waals surface area contributed by atoms with Gasteiger partial charge in [-0.1, -0.05) is 79.7 Å². The summed E-state index contributed by atoms with van der Waals surface area (Å²) in [6.07, 6.45) is 1.40. The molecule has 8 rings (SSSR count). The minimum atomic E-state index is -3.37. The number of piperidine rings is 2. The van der Waals surface area contributed by atoms with Crippen LogP contribution >= 0.6 is 0 Å². The molecule has 4 heterocycles. The molecule has 11 heteroatoms. The van der Waals surface area contributed by atoms with Gasteiger partial charge in [-0.15, -0.1) is 0 Å². The molecule has 0 bridgehead atoms. The number of anilines is 1. The molecule has 0 spiro atoms. The van der Waals surface area contributed by atoms with E-state index in [2.05, 4.69) is 48.2 Å². The van der Waals surface area contributed by atoms with E-state index in [1.54, 1.807) is 0 Å². The molecule has 0 radical (unpaired) electrons. The Kier molecular flexibility index (Phi) is 9.16. The topological polar surface area (TPSA) is 102 Å². The fourth-order valence-corrected chi connectivity index (χ4v) is 8.10. The zero-order valence-corrected chi connectivity index (χ0v) is 32.2. The number of piperazine rings is 1. The average Bonchev–Trinajstić information content (AvgIpc) is 3.53. The molecular formula is C47H50FN5O5. The van der Waals surface area contributed by atoms with Crippen LogP contribution in [-0.2, 0) is 9.59 Å². The van der Waals surface area contributed by atoms with Crippen molar-refractivity contribution in [3.05, 3.63) is 131 Å². The third-order valence-corrected chi connectivity index (χ3v) is 11.1. The van der Waals surface area contributed by atoms with E-state index >= 15 is 4.39 Å². The molecule has 0 aliphatic carbocycles. The highest BCUT2D eigenvalue weighted by atomic mass is 19.1. The van der Waals surface area contributed by atoms with Gasteiger partial charge in [0.1, 0.15) is 24.2 Å². The molecular weight excluding hydrogens is 734 g/mol. The number of rotatable bonds is 12. The second-order valence-corrected chi connectivity index (χ2v) is 14.8. The quantitative estimate of drug-likeness (QED) is 0.128. The van der Waals surface area contributed by atoms with Crippen molar-refractivity contribution >= 4 is 40.5 Å². The Morgan fingerprint density at radius 3 is 2.10 bits per heavy atom. The van der Waals surface area contributed by atoms with Crippen LogP contribution in [0.15, 0.2) is 97.1 Å². The van der Waals surface area contributed by atoms with Gasteiger partial charge in [0.05, 0.1) is 16.6 Å². The van der Waals surface area contributed by atoms with E-state index < -0.39 is 78.3 Å². The van der Waals surface area contributed by atoms with Crippen molar-refractivity contribution in [3.63, 3.8) is 0 Å². The van der Waals surface area contributed by atoms with Crippen LogP contribution in [0.1, 0.15) is 87.4 Å². The summed E-state index contributed by atoms with van der Waals surface area (Å²) in [6.45, 7) is -9.26. The van der Waals surface area contributed by atoms with E-state index in [1.807, 2.05) is 53.8 Å². The third kappa shape index (κ3) is 8.33. The van der Waals surface area contributed by atoms with Crippen molar-refractivity contribution in [2.24, 2.45) is 5.92 Å². The molecule has 4 aliphatic heterocycles. The zero-order chi connectivity index (χ0) is 47.3. The third-order valence-electron chi connectivity index (χ3n) is 11.1. The zero-order valence-electron chi connectivity index (χ0n) is 40.2. The first-order valence-electron chi connectivity index (χ1n) is 23.7. The number of amides is 4. The van der Waals surface area contributed by atoms with Gasteiger partial charge in [-0.25, -0.2) is 4.39 Å². The number of nitrogens with one attached hydrogen (secondary N) is 1. The summed E-state index contributed by atoms with van der Waals surface area (Å²) in [7, 11) is 0. The highest BCUT2D eigenvalue weighted by Crippen LogP contribution is 2.36. The monoisotopic (exact) mass is 791 g/mol. The Bertz CT molecular complexity index is 2530. The molecule has 300 valence electrons. The van der Waals surface area contributed by atoms with Gasteiger partial charge in [0, 0.05) is 56.7 Å². The second kappa shape index (κ2) is 17.5. The molecule has 10 nitrogen and oxygen atoms in total. The number of hydrogen-bond donors (Lipinski definition) is 1. The number of halogens is 1. The molecule has 3 saturated heterocycles. The predicted molar refractivity (Wildman–Crippen MR) is 222 cm³/mol. The van der Waals surface area contributed by atoms with Gasteiger partial charge in [-0.3, -0.25) is 39.2 Å². The fraction of sp³-hybridized carbons (Fsp3) is 0.362. The summed E-state index contributed by atoms with van der Waals surface area (Å²) >= 11 is 0. The Morgan fingerprint density at radius 2 is 1.45 bits per heavy atom. The summed E-state index contributed by atoms with van der Waals surface area (Å²) in [6, 6.07) is 28.6. The van der Waals surface area contributed by atoms with Gasteiger partial charge >= 0.3 is 0 Å². The van der Waals surface area contributed by atoms with E-state index in [0.717, 1.165) is 34.8 Å². The number of hydrogen-bond acceptors (Lipinski definition) is 8. The van der Waals surface area contributed by atoms with Crippen molar-refractivity contribution in [2.75, 3.05) is 63.7 Å². The van der Waals surface area contributed by atoms with Crippen molar-refractivity contribution in [2.45, 2.75) is 45.1 Å². The lowest BCUT2D eigenvalue weighted by Gasteiger charge is -2.39. The summed E-state index contributed by atoms with van der Waals surface area (Å²) < 4.78 is 94.0. The lowest BCUT2D eigenvalue weighted by Crippen LogP contribution is -2.54. The van der Waals surface area contributed by atoms with Gasteiger partial charge < -0.3 is 9.64 Å². The lowest BCUT2D eigenvalue weighted by molar-refractivity contribution is -0.136. The number of benzene rings is 4. The van der Waals surface area contributed by atoms with Gasteiger partial charge in [0.2, 0.25) is 11.8 Å². The molecule has 1 N–H and O–H groups in total. The van der Waals surface area contributed by atoms with Gasteiger partial charge in [0.25, 0.3) is 11.8 Å². The number of allylic oxidation sites excluding steroid dienone is 1. The molecule has 4 amide bonds. The average molecular weight is 792 g/mol. The highest BCUT2D eigenvalue weighted by Gasteiger charge is 2.46. The van der Waals surface area contributed by atoms with Gasteiger partial charge in [-0.2, -0.15) is 0 Å². The highest BCUT2D eigenvalue weighted by molar-refractivity contribution is 6.24. The number of fused-ring (bicyclic) bond motifs is 1.